The molecule has 3 rings (SSSR count). The zero-order valence-corrected chi connectivity index (χ0v) is 16.6. The molecule has 0 atom stereocenters. The number of nitrogens with one attached hydrogen (secondary N) is 2. The molecule has 0 saturated heterocycles. The van der Waals surface area contributed by atoms with E-state index in [1.54, 1.807) is 49.4 Å². The fraction of sp³-hybridized carbons (Fsp3) is 0.190. The molecular formula is C21H20N2O7. The Morgan fingerprint density at radius 3 is 2.40 bits per heavy atom. The monoisotopic (exact) mass is 412 g/mol. The van der Waals surface area contributed by atoms with Gasteiger partial charge in [-0.1, -0.05) is 12.1 Å². The zero-order chi connectivity index (χ0) is 21.7. The van der Waals surface area contributed by atoms with Gasteiger partial charge < -0.3 is 29.3 Å². The fourth-order valence-corrected chi connectivity index (χ4v) is 2.79. The van der Waals surface area contributed by atoms with Crippen molar-refractivity contribution in [3.63, 3.8) is 0 Å². The van der Waals surface area contributed by atoms with E-state index in [2.05, 4.69) is 10.6 Å². The molecule has 0 fully saturated rings. The normalized spacial score (nSPS) is 10.4. The van der Waals surface area contributed by atoms with Gasteiger partial charge in [0, 0.05) is 17.1 Å². The average molecular weight is 412 g/mol. The number of anilines is 2. The minimum absolute atomic E-state index is 0.0467. The van der Waals surface area contributed by atoms with Crippen LogP contribution in [0.15, 0.2) is 46.9 Å². The Balaban J connectivity index is 1.94. The van der Waals surface area contributed by atoms with Gasteiger partial charge in [-0.3, -0.25) is 9.59 Å². The van der Waals surface area contributed by atoms with E-state index < -0.39 is 17.8 Å². The lowest BCUT2D eigenvalue weighted by Gasteiger charge is -2.10. The van der Waals surface area contributed by atoms with Crippen LogP contribution in [0.5, 0.6) is 11.5 Å². The number of fused-ring (bicyclic) bond motifs is 1. The van der Waals surface area contributed by atoms with Crippen LogP contribution in [0.25, 0.3) is 11.0 Å². The van der Waals surface area contributed by atoms with Gasteiger partial charge in [0.05, 0.1) is 20.8 Å². The van der Waals surface area contributed by atoms with Crippen LogP contribution in [0.3, 0.4) is 0 Å². The third kappa shape index (κ3) is 4.19. The molecule has 2 aromatic carbocycles. The van der Waals surface area contributed by atoms with Gasteiger partial charge in [-0.25, -0.2) is 4.79 Å². The van der Waals surface area contributed by atoms with Crippen molar-refractivity contribution >= 4 is 40.1 Å². The molecule has 0 saturated carbocycles. The summed E-state index contributed by atoms with van der Waals surface area (Å²) in [6.45, 7) is 1.63. The molecule has 9 heteroatoms. The summed E-state index contributed by atoms with van der Waals surface area (Å²) in [5, 5.41) is 5.56. The molecule has 0 aliphatic carbocycles. The second-order valence-corrected chi connectivity index (χ2v) is 6.00. The Kier molecular flexibility index (Phi) is 6.21. The van der Waals surface area contributed by atoms with Crippen molar-refractivity contribution in [2.75, 3.05) is 31.5 Å². The molecule has 0 spiro atoms. The van der Waals surface area contributed by atoms with Crippen LogP contribution < -0.4 is 20.1 Å². The predicted molar refractivity (Wildman–Crippen MR) is 109 cm³/mol. The first-order valence-electron chi connectivity index (χ1n) is 9.01. The number of esters is 1. The molecule has 1 heterocycles. The lowest BCUT2D eigenvalue weighted by molar-refractivity contribution is -0.152. The van der Waals surface area contributed by atoms with Crippen molar-refractivity contribution in [3.05, 3.63) is 48.2 Å². The first-order chi connectivity index (χ1) is 14.5. The quantitative estimate of drug-likeness (QED) is 0.472. The number of carbonyl (C=O) groups is 3. The van der Waals surface area contributed by atoms with E-state index >= 15 is 0 Å². The van der Waals surface area contributed by atoms with Crippen LogP contribution in [0.2, 0.25) is 0 Å². The largest absolute Gasteiger partial charge is 0.493 e. The van der Waals surface area contributed by atoms with Crippen molar-refractivity contribution in [2.45, 2.75) is 6.92 Å². The van der Waals surface area contributed by atoms with Crippen molar-refractivity contribution in [2.24, 2.45) is 0 Å². The van der Waals surface area contributed by atoms with Gasteiger partial charge in [0.25, 0.3) is 5.91 Å². The molecule has 3 aromatic rings. The number of furan rings is 1. The molecule has 2 amide bonds. The number of amides is 2. The van der Waals surface area contributed by atoms with Crippen LogP contribution in [0, 0.1) is 0 Å². The standard InChI is InChI=1S/C21H20N2O7/c1-4-29-21(26)20(25)23-17-13-7-5-6-8-14(13)30-18(17)19(24)22-12-9-10-15(27-2)16(11-12)28-3/h5-11H,4H2,1-3H3,(H,22,24)(H,23,25). The molecule has 2 N–H and O–H groups in total. The highest BCUT2D eigenvalue weighted by molar-refractivity contribution is 6.38. The van der Waals surface area contributed by atoms with Crippen LogP contribution in [0.1, 0.15) is 17.5 Å². The molecule has 156 valence electrons. The van der Waals surface area contributed by atoms with E-state index in [-0.39, 0.29) is 18.1 Å². The number of hydrogen-bond donors (Lipinski definition) is 2. The Bertz CT molecular complexity index is 1100. The van der Waals surface area contributed by atoms with E-state index in [1.807, 2.05) is 0 Å². The Morgan fingerprint density at radius 2 is 1.70 bits per heavy atom. The van der Waals surface area contributed by atoms with E-state index in [1.165, 1.54) is 14.2 Å². The summed E-state index contributed by atoms with van der Waals surface area (Å²) in [7, 11) is 2.98. The third-order valence-corrected chi connectivity index (χ3v) is 4.14. The number of para-hydroxylation sites is 1. The van der Waals surface area contributed by atoms with Gasteiger partial charge in [0.2, 0.25) is 5.76 Å². The number of carbonyl (C=O) groups excluding carboxylic acids is 3. The summed E-state index contributed by atoms with van der Waals surface area (Å²) in [6, 6.07) is 11.6. The predicted octanol–water partition coefficient (Wildman–Crippen LogP) is 3.20. The van der Waals surface area contributed by atoms with Crippen LogP contribution in [0.4, 0.5) is 11.4 Å². The highest BCUT2D eigenvalue weighted by atomic mass is 16.5. The molecule has 0 aliphatic heterocycles. The lowest BCUT2D eigenvalue weighted by atomic mass is 10.2. The van der Waals surface area contributed by atoms with Crippen molar-refractivity contribution < 1.29 is 33.0 Å². The summed E-state index contributed by atoms with van der Waals surface area (Å²) in [4.78, 5) is 36.8. The highest BCUT2D eigenvalue weighted by Crippen LogP contribution is 2.33. The topological polar surface area (TPSA) is 116 Å². The van der Waals surface area contributed by atoms with Crippen molar-refractivity contribution in [1.82, 2.24) is 0 Å². The summed E-state index contributed by atoms with van der Waals surface area (Å²) in [6.07, 6.45) is 0. The van der Waals surface area contributed by atoms with Gasteiger partial charge in [0.15, 0.2) is 11.5 Å². The van der Waals surface area contributed by atoms with E-state index in [0.717, 1.165) is 0 Å². The van der Waals surface area contributed by atoms with Gasteiger partial charge in [-0.2, -0.15) is 0 Å². The number of methoxy groups -OCH3 is 2. The maximum Gasteiger partial charge on any atom is 0.397 e. The smallest absolute Gasteiger partial charge is 0.397 e. The maximum atomic E-state index is 12.9. The van der Waals surface area contributed by atoms with E-state index in [9.17, 15) is 14.4 Å². The lowest BCUT2D eigenvalue weighted by Crippen LogP contribution is -2.26. The molecular weight excluding hydrogens is 392 g/mol. The third-order valence-electron chi connectivity index (χ3n) is 4.14. The Hall–Kier alpha value is -4.01. The number of hydrogen-bond acceptors (Lipinski definition) is 7. The van der Waals surface area contributed by atoms with Gasteiger partial charge in [-0.05, 0) is 31.2 Å². The molecule has 0 aliphatic rings. The summed E-state index contributed by atoms with van der Waals surface area (Å²) in [5.41, 5.74) is 0.858. The molecule has 0 radical (unpaired) electrons. The van der Waals surface area contributed by atoms with Crippen LogP contribution in [-0.4, -0.2) is 38.6 Å². The first-order valence-corrected chi connectivity index (χ1v) is 9.01. The van der Waals surface area contributed by atoms with Crippen molar-refractivity contribution in [1.29, 1.82) is 0 Å². The number of ether oxygens (including phenoxy) is 3. The number of benzene rings is 2. The molecule has 9 nitrogen and oxygen atoms in total. The van der Waals surface area contributed by atoms with Crippen LogP contribution in [-0.2, 0) is 14.3 Å². The Morgan fingerprint density at radius 1 is 0.967 bits per heavy atom. The molecule has 0 bridgehead atoms. The minimum Gasteiger partial charge on any atom is -0.493 e. The average Bonchev–Trinajstić information content (AvgIpc) is 3.12. The second-order valence-electron chi connectivity index (χ2n) is 6.00. The van der Waals surface area contributed by atoms with Gasteiger partial charge in [-0.15, -0.1) is 0 Å². The molecule has 0 unspecified atom stereocenters. The van der Waals surface area contributed by atoms with Crippen LogP contribution >= 0.6 is 0 Å². The summed E-state index contributed by atoms with van der Waals surface area (Å²) < 4.78 is 20.7. The fourth-order valence-electron chi connectivity index (χ4n) is 2.79. The SMILES string of the molecule is CCOC(=O)C(=O)Nc1c(C(=O)Nc2ccc(OC)c(OC)c2)oc2ccccc12. The van der Waals surface area contributed by atoms with Gasteiger partial charge >= 0.3 is 11.9 Å². The second kappa shape index (κ2) is 8.99. The highest BCUT2D eigenvalue weighted by Gasteiger charge is 2.25. The number of rotatable bonds is 6. The Labute approximate surface area is 171 Å². The van der Waals surface area contributed by atoms with E-state index in [0.29, 0.717) is 28.2 Å². The van der Waals surface area contributed by atoms with E-state index in [4.69, 9.17) is 18.6 Å². The maximum absolute atomic E-state index is 12.9. The minimum atomic E-state index is -1.06. The first kappa shape index (κ1) is 20.7. The van der Waals surface area contributed by atoms with Crippen molar-refractivity contribution in [3.8, 4) is 11.5 Å². The summed E-state index contributed by atoms with van der Waals surface area (Å²) >= 11 is 0. The zero-order valence-electron chi connectivity index (χ0n) is 16.6. The molecule has 30 heavy (non-hydrogen) atoms. The molecule has 1 aromatic heterocycles. The van der Waals surface area contributed by atoms with Gasteiger partial charge in [0.1, 0.15) is 11.3 Å². The summed E-state index contributed by atoms with van der Waals surface area (Å²) in [5.74, 6) is -1.93.